The predicted octanol–water partition coefficient (Wildman–Crippen LogP) is 2.26. The zero-order valence-corrected chi connectivity index (χ0v) is 10.8. The lowest BCUT2D eigenvalue weighted by Gasteiger charge is -2.01. The summed E-state index contributed by atoms with van der Waals surface area (Å²) in [5, 5.41) is 4.70. The molecule has 6 heteroatoms. The lowest BCUT2D eigenvalue weighted by molar-refractivity contribution is 0.616. The molecule has 90 valence electrons. The smallest absolute Gasteiger partial charge is 0.188 e. The molecule has 0 spiro atoms. The summed E-state index contributed by atoms with van der Waals surface area (Å²) < 4.78 is 14.8. The molecular weight excluding hydrogens is 239 g/mol. The first kappa shape index (κ1) is 12.0. The van der Waals surface area contributed by atoms with Crippen LogP contribution >= 0.6 is 11.8 Å². The Labute approximate surface area is 103 Å². The maximum atomic E-state index is 13.3. The topological polar surface area (TPSA) is 43.6 Å². The highest BCUT2D eigenvalue weighted by Gasteiger charge is 2.09. The molecule has 0 radical (unpaired) electrons. The normalized spacial score (nSPS) is 10.8. The summed E-state index contributed by atoms with van der Waals surface area (Å²) in [6.45, 7) is 3.83. The van der Waals surface area contributed by atoms with E-state index in [2.05, 4.69) is 15.1 Å². The average Bonchev–Trinajstić information content (AvgIpc) is 2.53. The number of aromatic nitrogens is 4. The molecule has 4 nitrogen and oxygen atoms in total. The molecule has 2 aromatic rings. The average molecular weight is 252 g/mol. The zero-order chi connectivity index (χ0) is 12.4. The summed E-state index contributed by atoms with van der Waals surface area (Å²) in [6.07, 6.45) is 1.36. The number of thioether (sulfide) groups is 1. The molecule has 17 heavy (non-hydrogen) atoms. The van der Waals surface area contributed by atoms with Crippen LogP contribution in [0.3, 0.4) is 0 Å². The Hall–Kier alpha value is -1.43. The van der Waals surface area contributed by atoms with Crippen LogP contribution in [0.1, 0.15) is 17.1 Å². The van der Waals surface area contributed by atoms with Gasteiger partial charge < -0.3 is 0 Å². The first-order chi connectivity index (χ1) is 8.04. The summed E-state index contributed by atoms with van der Waals surface area (Å²) >= 11 is 1.39. The van der Waals surface area contributed by atoms with Crippen molar-refractivity contribution < 1.29 is 4.39 Å². The highest BCUT2D eigenvalue weighted by Crippen LogP contribution is 2.20. The Bertz CT molecular complexity index is 518. The summed E-state index contributed by atoms with van der Waals surface area (Å²) in [7, 11) is 1.70. The van der Waals surface area contributed by atoms with Crippen molar-refractivity contribution in [1.29, 1.82) is 0 Å². The molecule has 2 heterocycles. The highest BCUT2D eigenvalue weighted by molar-refractivity contribution is 7.98. The Kier molecular flexibility index (Phi) is 3.42. The van der Waals surface area contributed by atoms with E-state index in [4.69, 9.17) is 0 Å². The number of halogens is 1. The van der Waals surface area contributed by atoms with E-state index in [1.54, 1.807) is 7.05 Å². The van der Waals surface area contributed by atoms with Gasteiger partial charge in [-0.3, -0.25) is 4.68 Å². The molecule has 2 aromatic heterocycles. The van der Waals surface area contributed by atoms with Crippen LogP contribution in [0, 0.1) is 19.7 Å². The molecule has 0 aliphatic rings. The van der Waals surface area contributed by atoms with Gasteiger partial charge in [-0.15, -0.1) is 0 Å². The Morgan fingerprint density at radius 1 is 1.29 bits per heavy atom. The van der Waals surface area contributed by atoms with Gasteiger partial charge in [0.25, 0.3) is 0 Å². The van der Waals surface area contributed by atoms with E-state index >= 15 is 0 Å². The van der Waals surface area contributed by atoms with Crippen LogP contribution in [-0.2, 0) is 12.8 Å². The van der Waals surface area contributed by atoms with Crippen molar-refractivity contribution in [2.45, 2.75) is 24.8 Å². The summed E-state index contributed by atoms with van der Waals surface area (Å²) in [4.78, 5) is 8.56. The van der Waals surface area contributed by atoms with E-state index < -0.39 is 0 Å². The van der Waals surface area contributed by atoms with Crippen LogP contribution in [0.4, 0.5) is 4.39 Å². The van der Waals surface area contributed by atoms with E-state index in [-0.39, 0.29) is 5.82 Å². The number of rotatable bonds is 3. The van der Waals surface area contributed by atoms with Gasteiger partial charge in [0.1, 0.15) is 5.69 Å². The van der Waals surface area contributed by atoms with Gasteiger partial charge in [0.05, 0.1) is 6.20 Å². The molecule has 2 rings (SSSR count). The summed E-state index contributed by atoms with van der Waals surface area (Å²) in [5.74, 6) is 0.152. The van der Waals surface area contributed by atoms with E-state index in [1.165, 1.54) is 22.6 Å². The maximum Gasteiger partial charge on any atom is 0.188 e. The summed E-state index contributed by atoms with van der Waals surface area (Å²) in [6, 6.07) is 1.91. The lowest BCUT2D eigenvalue weighted by atomic mass is 10.4. The van der Waals surface area contributed by atoms with Gasteiger partial charge in [0, 0.05) is 24.2 Å². The first-order valence-corrected chi connectivity index (χ1v) is 6.16. The van der Waals surface area contributed by atoms with Crippen molar-refractivity contribution in [3.8, 4) is 0 Å². The molecular formula is C11H13FN4S. The number of nitrogens with zero attached hydrogens (tertiary/aromatic N) is 4. The molecule has 0 aliphatic carbocycles. The van der Waals surface area contributed by atoms with Crippen molar-refractivity contribution >= 4 is 11.8 Å². The first-order valence-electron chi connectivity index (χ1n) is 5.17. The fourth-order valence-corrected chi connectivity index (χ4v) is 2.37. The fourth-order valence-electron chi connectivity index (χ4n) is 1.49. The SMILES string of the molecule is Cc1cc(C)nc(SCc2nn(C)cc2F)n1. The third kappa shape index (κ3) is 3.03. The Balaban J connectivity index is 2.09. The van der Waals surface area contributed by atoms with E-state index in [1.807, 2.05) is 19.9 Å². The monoisotopic (exact) mass is 252 g/mol. The number of hydrogen-bond donors (Lipinski definition) is 0. The van der Waals surface area contributed by atoms with Crippen LogP contribution < -0.4 is 0 Å². The van der Waals surface area contributed by atoms with Crippen molar-refractivity contribution in [2.24, 2.45) is 7.05 Å². The van der Waals surface area contributed by atoms with E-state index in [9.17, 15) is 4.39 Å². The minimum atomic E-state index is -0.288. The molecule has 0 N–H and O–H groups in total. The van der Waals surface area contributed by atoms with Crippen LogP contribution in [-0.4, -0.2) is 19.7 Å². The van der Waals surface area contributed by atoms with Gasteiger partial charge in [0.15, 0.2) is 11.0 Å². The fraction of sp³-hybridized carbons (Fsp3) is 0.364. The molecule has 0 atom stereocenters. The Morgan fingerprint density at radius 3 is 2.47 bits per heavy atom. The van der Waals surface area contributed by atoms with Gasteiger partial charge in [-0.05, 0) is 19.9 Å². The van der Waals surface area contributed by atoms with E-state index in [0.29, 0.717) is 16.6 Å². The largest absolute Gasteiger partial charge is 0.272 e. The standard InChI is InChI=1S/C11H13FN4S/c1-7-4-8(2)14-11(13-7)17-6-10-9(12)5-16(3)15-10/h4-5H,6H2,1-3H3. The van der Waals surface area contributed by atoms with Gasteiger partial charge in [-0.25, -0.2) is 14.4 Å². The molecule has 0 amide bonds. The van der Waals surface area contributed by atoms with E-state index in [0.717, 1.165) is 11.4 Å². The maximum absolute atomic E-state index is 13.3. The second-order valence-electron chi connectivity index (χ2n) is 3.82. The second kappa shape index (κ2) is 4.83. The van der Waals surface area contributed by atoms with Crippen molar-refractivity contribution in [2.75, 3.05) is 0 Å². The third-order valence-electron chi connectivity index (χ3n) is 2.15. The van der Waals surface area contributed by atoms with Crippen molar-refractivity contribution in [1.82, 2.24) is 19.7 Å². The molecule has 0 aromatic carbocycles. The van der Waals surface area contributed by atoms with Crippen LogP contribution in [0.2, 0.25) is 0 Å². The Morgan fingerprint density at radius 2 is 1.94 bits per heavy atom. The molecule has 0 saturated carbocycles. The van der Waals surface area contributed by atoms with Gasteiger partial charge in [-0.1, -0.05) is 11.8 Å². The summed E-state index contributed by atoms with van der Waals surface area (Å²) in [5.41, 5.74) is 2.27. The van der Waals surface area contributed by atoms with Crippen LogP contribution in [0.15, 0.2) is 17.4 Å². The molecule has 0 fully saturated rings. The quantitative estimate of drug-likeness (QED) is 0.621. The third-order valence-corrected chi connectivity index (χ3v) is 3.01. The van der Waals surface area contributed by atoms with Gasteiger partial charge in [0.2, 0.25) is 0 Å². The molecule has 0 unspecified atom stereocenters. The van der Waals surface area contributed by atoms with Crippen molar-refractivity contribution in [3.05, 3.63) is 35.2 Å². The molecule has 0 saturated heterocycles. The van der Waals surface area contributed by atoms with Gasteiger partial charge >= 0.3 is 0 Å². The van der Waals surface area contributed by atoms with Gasteiger partial charge in [-0.2, -0.15) is 5.10 Å². The lowest BCUT2D eigenvalue weighted by Crippen LogP contribution is -1.95. The zero-order valence-electron chi connectivity index (χ0n) is 9.94. The minimum absolute atomic E-state index is 0.288. The molecule has 0 aliphatic heterocycles. The number of aryl methyl sites for hydroxylation is 3. The van der Waals surface area contributed by atoms with Crippen molar-refractivity contribution in [3.63, 3.8) is 0 Å². The second-order valence-corrected chi connectivity index (χ2v) is 4.76. The number of hydrogen-bond acceptors (Lipinski definition) is 4. The van der Waals surface area contributed by atoms with Crippen LogP contribution in [0.5, 0.6) is 0 Å². The highest BCUT2D eigenvalue weighted by atomic mass is 32.2. The molecule has 0 bridgehead atoms. The van der Waals surface area contributed by atoms with Crippen LogP contribution in [0.25, 0.3) is 0 Å². The predicted molar refractivity (Wildman–Crippen MR) is 64.2 cm³/mol. The minimum Gasteiger partial charge on any atom is -0.272 e.